The summed E-state index contributed by atoms with van der Waals surface area (Å²) < 4.78 is 10.7. The van der Waals surface area contributed by atoms with Crippen molar-refractivity contribution < 1.29 is 14.3 Å². The van der Waals surface area contributed by atoms with Crippen molar-refractivity contribution in [2.24, 2.45) is 0 Å². The second-order valence-corrected chi connectivity index (χ2v) is 9.17. The molecule has 5 heterocycles. The Morgan fingerprint density at radius 3 is 2.53 bits per heavy atom. The summed E-state index contributed by atoms with van der Waals surface area (Å²) in [6.07, 6.45) is 12.5. The lowest BCUT2D eigenvalue weighted by atomic mass is 10.1. The molecular weight excluding hydrogens is 460 g/mol. The van der Waals surface area contributed by atoms with Crippen LogP contribution in [0.1, 0.15) is 52.6 Å². The normalized spacial score (nSPS) is 14.9. The first-order valence-electron chi connectivity index (χ1n) is 12.3. The first-order chi connectivity index (χ1) is 17.4. The van der Waals surface area contributed by atoms with Gasteiger partial charge in [-0.15, -0.1) is 0 Å². The van der Waals surface area contributed by atoms with Crippen LogP contribution < -0.4 is 0 Å². The molecule has 11 nitrogen and oxygen atoms in total. The maximum atomic E-state index is 12.4. The van der Waals surface area contributed by atoms with Crippen molar-refractivity contribution in [2.45, 2.75) is 58.7 Å². The molecule has 1 saturated heterocycles. The highest BCUT2D eigenvalue weighted by Gasteiger charge is 2.35. The molecule has 0 bridgehead atoms. The van der Waals surface area contributed by atoms with Gasteiger partial charge in [-0.3, -0.25) is 19.0 Å². The van der Waals surface area contributed by atoms with Gasteiger partial charge in [0.2, 0.25) is 0 Å². The first-order valence-corrected chi connectivity index (χ1v) is 12.3. The Hall–Kier alpha value is -4.02. The Morgan fingerprint density at radius 2 is 1.81 bits per heavy atom. The topological polar surface area (TPSA) is 112 Å². The van der Waals surface area contributed by atoms with E-state index in [0.29, 0.717) is 19.1 Å². The van der Waals surface area contributed by atoms with E-state index in [2.05, 4.69) is 35.3 Å². The molecule has 0 radical (unpaired) electrons. The van der Waals surface area contributed by atoms with Crippen molar-refractivity contribution in [2.75, 3.05) is 13.1 Å². The van der Waals surface area contributed by atoms with Crippen LogP contribution in [0.4, 0.5) is 0 Å². The zero-order chi connectivity index (χ0) is 25.4. The number of nitrogens with zero attached hydrogens (tertiary/aromatic N) is 8. The molecule has 5 rings (SSSR count). The summed E-state index contributed by atoms with van der Waals surface area (Å²) in [6.45, 7) is 8.24. The van der Waals surface area contributed by atoms with Crippen molar-refractivity contribution in [1.82, 2.24) is 39.1 Å². The highest BCUT2D eigenvalue weighted by molar-refractivity contribution is 5.83. The molecule has 188 valence electrons. The zero-order valence-corrected chi connectivity index (χ0v) is 20.9. The number of fused-ring (bicyclic) bond motifs is 1. The van der Waals surface area contributed by atoms with Crippen LogP contribution in [0.5, 0.6) is 0 Å². The number of hydrogen-bond donors (Lipinski definition) is 0. The van der Waals surface area contributed by atoms with E-state index in [4.69, 9.17) is 9.72 Å². The van der Waals surface area contributed by atoms with Gasteiger partial charge in [-0.05, 0) is 25.8 Å². The van der Waals surface area contributed by atoms with E-state index in [-0.39, 0.29) is 11.9 Å². The van der Waals surface area contributed by atoms with Crippen LogP contribution >= 0.6 is 0 Å². The van der Waals surface area contributed by atoms with E-state index in [9.17, 15) is 9.59 Å². The van der Waals surface area contributed by atoms with Crippen LogP contribution in [0.3, 0.4) is 0 Å². The van der Waals surface area contributed by atoms with E-state index in [1.807, 2.05) is 38.5 Å². The smallest absolute Gasteiger partial charge is 0.303 e. The Balaban J connectivity index is 1.36. The third kappa shape index (κ3) is 4.36. The van der Waals surface area contributed by atoms with E-state index in [1.165, 1.54) is 6.92 Å². The number of likely N-dealkylation sites (tertiary alicyclic amines) is 1. The SMILES string of the molecule is CCC(CC)n1cc(-c2nc(-c3cnn(C4CN(C(=O)[C@H](C)OC(C)=O)C4)c3)cn3nccc23)cn1. The van der Waals surface area contributed by atoms with Gasteiger partial charge in [0.1, 0.15) is 0 Å². The van der Waals surface area contributed by atoms with Gasteiger partial charge >= 0.3 is 5.97 Å². The number of rotatable bonds is 8. The average molecular weight is 491 g/mol. The van der Waals surface area contributed by atoms with Gasteiger partial charge in [-0.25, -0.2) is 9.50 Å². The predicted octanol–water partition coefficient (Wildman–Crippen LogP) is 3.15. The summed E-state index contributed by atoms with van der Waals surface area (Å²) in [6, 6.07) is 2.35. The molecule has 1 aliphatic rings. The minimum Gasteiger partial charge on any atom is -0.453 e. The summed E-state index contributed by atoms with van der Waals surface area (Å²) in [4.78, 5) is 30.2. The first kappa shape index (κ1) is 23.7. The Kier molecular flexibility index (Phi) is 6.29. The molecule has 4 aromatic heterocycles. The highest BCUT2D eigenvalue weighted by Crippen LogP contribution is 2.29. The molecule has 36 heavy (non-hydrogen) atoms. The van der Waals surface area contributed by atoms with Crippen LogP contribution in [0.25, 0.3) is 28.0 Å². The minimum absolute atomic E-state index is 0.0541. The minimum atomic E-state index is -0.783. The molecule has 1 amide bonds. The average Bonchev–Trinajstić information content (AvgIpc) is 3.58. The van der Waals surface area contributed by atoms with Gasteiger partial charge in [-0.1, -0.05) is 13.8 Å². The van der Waals surface area contributed by atoms with Gasteiger partial charge in [0, 0.05) is 43.5 Å². The number of carbonyl (C=O) groups is 2. The fourth-order valence-corrected chi connectivity index (χ4v) is 4.63. The van der Waals surface area contributed by atoms with E-state index in [1.54, 1.807) is 24.2 Å². The molecule has 1 fully saturated rings. The van der Waals surface area contributed by atoms with Gasteiger partial charge < -0.3 is 9.64 Å². The molecule has 0 spiro atoms. The molecule has 1 atom stereocenters. The second kappa shape index (κ2) is 9.56. The van der Waals surface area contributed by atoms with Crippen molar-refractivity contribution in [3.63, 3.8) is 0 Å². The van der Waals surface area contributed by atoms with Gasteiger partial charge in [-0.2, -0.15) is 15.3 Å². The van der Waals surface area contributed by atoms with Crippen molar-refractivity contribution >= 4 is 17.4 Å². The van der Waals surface area contributed by atoms with Gasteiger partial charge in [0.25, 0.3) is 5.91 Å². The molecule has 4 aromatic rings. The Bertz CT molecular complexity index is 1390. The summed E-state index contributed by atoms with van der Waals surface area (Å²) in [5, 5.41) is 13.6. The van der Waals surface area contributed by atoms with Crippen LogP contribution in [0.15, 0.2) is 43.2 Å². The lowest BCUT2D eigenvalue weighted by Crippen LogP contribution is -2.54. The van der Waals surface area contributed by atoms with Gasteiger partial charge in [0.05, 0.1) is 53.8 Å². The van der Waals surface area contributed by atoms with Crippen LogP contribution in [-0.4, -0.2) is 70.1 Å². The van der Waals surface area contributed by atoms with Gasteiger partial charge in [0.15, 0.2) is 6.10 Å². The zero-order valence-electron chi connectivity index (χ0n) is 20.9. The van der Waals surface area contributed by atoms with E-state index >= 15 is 0 Å². The number of ether oxygens (including phenoxy) is 1. The standard InChI is InChI=1S/C25H30N8O3/c1-5-20(6-2)31-12-19(10-28-31)24-23-7-8-26-33(23)15-22(29-24)18-9-27-32(11-18)21-13-30(14-21)25(35)16(3)36-17(4)34/h7-12,15-16,20-21H,5-6,13-14H2,1-4H3/t16-/m0/s1. The number of carbonyl (C=O) groups excluding carboxylic acids is 2. The lowest BCUT2D eigenvalue weighted by Gasteiger charge is -2.40. The van der Waals surface area contributed by atoms with Crippen LogP contribution in [0.2, 0.25) is 0 Å². The summed E-state index contributed by atoms with van der Waals surface area (Å²) in [7, 11) is 0. The molecule has 0 saturated carbocycles. The van der Waals surface area contributed by atoms with Crippen LogP contribution in [0, 0.1) is 0 Å². The maximum Gasteiger partial charge on any atom is 0.303 e. The molecular formula is C25H30N8O3. The summed E-state index contributed by atoms with van der Waals surface area (Å²) in [5.74, 6) is -0.660. The Labute approximate surface area is 208 Å². The van der Waals surface area contributed by atoms with E-state index < -0.39 is 12.1 Å². The summed E-state index contributed by atoms with van der Waals surface area (Å²) in [5.41, 5.74) is 4.27. The predicted molar refractivity (Wildman–Crippen MR) is 132 cm³/mol. The fraction of sp³-hybridized carbons (Fsp3) is 0.440. The van der Waals surface area contributed by atoms with Crippen molar-refractivity contribution in [1.29, 1.82) is 0 Å². The summed E-state index contributed by atoms with van der Waals surface area (Å²) >= 11 is 0. The molecule has 0 aromatic carbocycles. The van der Waals surface area contributed by atoms with Crippen molar-refractivity contribution in [3.05, 3.63) is 43.2 Å². The van der Waals surface area contributed by atoms with Crippen molar-refractivity contribution in [3.8, 4) is 22.5 Å². The third-order valence-corrected chi connectivity index (χ3v) is 6.72. The number of hydrogen-bond acceptors (Lipinski definition) is 7. The number of aromatic nitrogens is 7. The number of amides is 1. The quantitative estimate of drug-likeness (QED) is 0.349. The van der Waals surface area contributed by atoms with Crippen LogP contribution in [-0.2, 0) is 14.3 Å². The van der Waals surface area contributed by atoms with E-state index in [0.717, 1.165) is 40.9 Å². The molecule has 0 N–H and O–H groups in total. The molecule has 1 aliphatic heterocycles. The number of esters is 1. The maximum absolute atomic E-state index is 12.4. The molecule has 0 unspecified atom stereocenters. The molecule has 11 heteroatoms. The fourth-order valence-electron chi connectivity index (χ4n) is 4.63. The largest absolute Gasteiger partial charge is 0.453 e. The molecule has 0 aliphatic carbocycles. The third-order valence-electron chi connectivity index (χ3n) is 6.72. The second-order valence-electron chi connectivity index (χ2n) is 9.17. The lowest BCUT2D eigenvalue weighted by molar-refractivity contribution is -0.160. The Morgan fingerprint density at radius 1 is 1.06 bits per heavy atom. The highest BCUT2D eigenvalue weighted by atomic mass is 16.5. The monoisotopic (exact) mass is 490 g/mol.